The number of benzene rings is 2. The van der Waals surface area contributed by atoms with Crippen LogP contribution in [0.4, 0.5) is 0 Å². The molecule has 7 heteroatoms. The van der Waals surface area contributed by atoms with Crippen LogP contribution in [0.3, 0.4) is 0 Å². The van der Waals surface area contributed by atoms with Gasteiger partial charge in [-0.25, -0.2) is 9.48 Å². The van der Waals surface area contributed by atoms with Crippen LogP contribution in [0.5, 0.6) is 0 Å². The van der Waals surface area contributed by atoms with Gasteiger partial charge in [0.1, 0.15) is 0 Å². The third kappa shape index (κ3) is 4.24. The number of carbonyl (C=O) groups excluding carboxylic acids is 2. The summed E-state index contributed by atoms with van der Waals surface area (Å²) in [4.78, 5) is 24.6. The number of esters is 1. The molecular formula is C23H22ClN3O3. The number of nitrogens with zero attached hydrogens (tertiary/aromatic N) is 2. The van der Waals surface area contributed by atoms with Gasteiger partial charge < -0.3 is 10.1 Å². The van der Waals surface area contributed by atoms with E-state index in [4.69, 9.17) is 16.3 Å². The molecule has 1 amide bonds. The van der Waals surface area contributed by atoms with Gasteiger partial charge in [0.2, 0.25) is 0 Å². The molecule has 1 saturated carbocycles. The second kappa shape index (κ2) is 8.71. The van der Waals surface area contributed by atoms with Gasteiger partial charge in [0, 0.05) is 22.2 Å². The van der Waals surface area contributed by atoms with Crippen LogP contribution in [0.15, 0.2) is 54.6 Å². The number of aromatic nitrogens is 2. The smallest absolute Gasteiger partial charge is 0.358 e. The van der Waals surface area contributed by atoms with Crippen molar-refractivity contribution < 1.29 is 14.3 Å². The van der Waals surface area contributed by atoms with E-state index in [1.54, 1.807) is 41.9 Å². The van der Waals surface area contributed by atoms with E-state index in [2.05, 4.69) is 10.4 Å². The third-order valence-electron chi connectivity index (χ3n) is 5.15. The quantitative estimate of drug-likeness (QED) is 0.585. The highest BCUT2D eigenvalue weighted by atomic mass is 35.5. The predicted molar refractivity (Wildman–Crippen MR) is 115 cm³/mol. The molecule has 1 aliphatic rings. The second-order valence-corrected chi connectivity index (χ2v) is 7.64. The molecule has 3 aromatic rings. The van der Waals surface area contributed by atoms with Gasteiger partial charge in [-0.15, -0.1) is 0 Å². The molecule has 0 bridgehead atoms. The molecular weight excluding hydrogens is 402 g/mol. The molecule has 6 nitrogen and oxygen atoms in total. The predicted octanol–water partition coefficient (Wildman–Crippen LogP) is 4.65. The Labute approximate surface area is 179 Å². The summed E-state index contributed by atoms with van der Waals surface area (Å²) < 4.78 is 6.77. The van der Waals surface area contributed by atoms with Crippen LogP contribution in [0, 0.1) is 0 Å². The number of halogens is 1. The van der Waals surface area contributed by atoms with Crippen molar-refractivity contribution in [2.45, 2.75) is 32.2 Å². The Balaban J connectivity index is 1.66. The summed E-state index contributed by atoms with van der Waals surface area (Å²) in [5.41, 5.74) is 3.12. The molecule has 1 N–H and O–H groups in total. The normalized spacial score (nSPS) is 13.5. The lowest BCUT2D eigenvalue weighted by Gasteiger charge is -2.26. The van der Waals surface area contributed by atoms with Crippen molar-refractivity contribution in [3.63, 3.8) is 0 Å². The standard InChI is InChI=1S/C23H22ClN3O3/c1-2-30-23(29)20-14-21(15-6-10-17(24)11-7-15)27(26-20)19-12-8-16(9-13-19)22(28)25-18-4-3-5-18/h6-14,18H,2-5H2,1H3,(H,25,28). The Morgan fingerprint density at radius 1 is 1.13 bits per heavy atom. The average molecular weight is 424 g/mol. The minimum atomic E-state index is -0.483. The van der Waals surface area contributed by atoms with Crippen molar-refractivity contribution in [2.24, 2.45) is 0 Å². The van der Waals surface area contributed by atoms with Crippen molar-refractivity contribution >= 4 is 23.5 Å². The van der Waals surface area contributed by atoms with E-state index in [9.17, 15) is 9.59 Å². The molecule has 0 atom stereocenters. The first-order chi connectivity index (χ1) is 14.5. The zero-order valence-electron chi connectivity index (χ0n) is 16.6. The van der Waals surface area contributed by atoms with Gasteiger partial charge in [0.15, 0.2) is 5.69 Å². The molecule has 1 aliphatic carbocycles. The van der Waals surface area contributed by atoms with E-state index < -0.39 is 5.97 Å². The van der Waals surface area contributed by atoms with Crippen molar-refractivity contribution in [1.82, 2.24) is 15.1 Å². The van der Waals surface area contributed by atoms with Gasteiger partial charge in [-0.3, -0.25) is 4.79 Å². The Bertz CT molecular complexity index is 1050. The largest absolute Gasteiger partial charge is 0.461 e. The van der Waals surface area contributed by atoms with Crippen LogP contribution < -0.4 is 5.32 Å². The number of amides is 1. The molecule has 154 valence electrons. The first-order valence-electron chi connectivity index (χ1n) is 9.99. The average Bonchev–Trinajstić information content (AvgIpc) is 3.17. The summed E-state index contributed by atoms with van der Waals surface area (Å²) in [7, 11) is 0. The van der Waals surface area contributed by atoms with Gasteiger partial charge in [-0.1, -0.05) is 23.7 Å². The Morgan fingerprint density at radius 3 is 2.43 bits per heavy atom. The first kappa shape index (κ1) is 20.2. The monoisotopic (exact) mass is 423 g/mol. The Hall–Kier alpha value is -3.12. The number of nitrogens with one attached hydrogen (secondary N) is 1. The van der Waals surface area contributed by atoms with E-state index in [0.29, 0.717) is 10.6 Å². The SMILES string of the molecule is CCOC(=O)c1cc(-c2ccc(Cl)cc2)n(-c2ccc(C(=O)NC3CCC3)cc2)n1. The van der Waals surface area contributed by atoms with Crippen LogP contribution in [-0.2, 0) is 4.74 Å². The van der Waals surface area contributed by atoms with E-state index in [1.807, 2.05) is 24.3 Å². The number of rotatable bonds is 6. The summed E-state index contributed by atoms with van der Waals surface area (Å²) in [5, 5.41) is 8.11. The molecule has 1 aromatic heterocycles. The van der Waals surface area contributed by atoms with E-state index in [-0.39, 0.29) is 24.2 Å². The third-order valence-corrected chi connectivity index (χ3v) is 5.40. The fourth-order valence-corrected chi connectivity index (χ4v) is 3.41. The van der Waals surface area contributed by atoms with Crippen LogP contribution in [-0.4, -0.2) is 34.3 Å². The Kier molecular flexibility index (Phi) is 5.86. The lowest BCUT2D eigenvalue weighted by molar-refractivity contribution is 0.0518. The maximum Gasteiger partial charge on any atom is 0.358 e. The van der Waals surface area contributed by atoms with Crippen molar-refractivity contribution in [2.75, 3.05) is 6.61 Å². The van der Waals surface area contributed by atoms with Gasteiger partial charge in [-0.05, 0) is 68.7 Å². The van der Waals surface area contributed by atoms with E-state index in [0.717, 1.165) is 29.8 Å². The summed E-state index contributed by atoms with van der Waals surface area (Å²) in [6.45, 7) is 2.02. The second-order valence-electron chi connectivity index (χ2n) is 7.20. The molecule has 1 fully saturated rings. The molecule has 0 spiro atoms. The fraction of sp³-hybridized carbons (Fsp3) is 0.261. The van der Waals surface area contributed by atoms with E-state index >= 15 is 0 Å². The Morgan fingerprint density at radius 2 is 1.83 bits per heavy atom. The molecule has 4 rings (SSSR count). The minimum Gasteiger partial charge on any atom is -0.461 e. The highest BCUT2D eigenvalue weighted by Crippen LogP contribution is 2.26. The van der Waals surface area contributed by atoms with Gasteiger partial charge in [0.05, 0.1) is 18.0 Å². The highest BCUT2D eigenvalue weighted by Gasteiger charge is 2.21. The van der Waals surface area contributed by atoms with Gasteiger partial charge >= 0.3 is 5.97 Å². The van der Waals surface area contributed by atoms with Gasteiger partial charge in [0.25, 0.3) is 5.91 Å². The summed E-state index contributed by atoms with van der Waals surface area (Å²) >= 11 is 6.02. The van der Waals surface area contributed by atoms with Crippen molar-refractivity contribution in [3.8, 4) is 16.9 Å². The van der Waals surface area contributed by atoms with Crippen LogP contribution in [0.25, 0.3) is 16.9 Å². The molecule has 0 aliphatic heterocycles. The first-order valence-corrected chi connectivity index (χ1v) is 10.4. The van der Waals surface area contributed by atoms with Crippen molar-refractivity contribution in [3.05, 3.63) is 70.9 Å². The number of hydrogen-bond acceptors (Lipinski definition) is 4. The topological polar surface area (TPSA) is 73.2 Å². The molecule has 1 heterocycles. The molecule has 2 aromatic carbocycles. The summed E-state index contributed by atoms with van der Waals surface area (Å²) in [5.74, 6) is -0.556. The lowest BCUT2D eigenvalue weighted by Crippen LogP contribution is -2.39. The molecule has 0 unspecified atom stereocenters. The molecule has 0 saturated heterocycles. The molecule has 30 heavy (non-hydrogen) atoms. The van der Waals surface area contributed by atoms with E-state index in [1.165, 1.54) is 6.42 Å². The maximum atomic E-state index is 12.4. The van der Waals surface area contributed by atoms with Gasteiger partial charge in [-0.2, -0.15) is 5.10 Å². The van der Waals surface area contributed by atoms with Crippen molar-refractivity contribution in [1.29, 1.82) is 0 Å². The highest BCUT2D eigenvalue weighted by molar-refractivity contribution is 6.30. The minimum absolute atomic E-state index is 0.0724. The van der Waals surface area contributed by atoms with Crippen LogP contribution >= 0.6 is 11.6 Å². The number of carbonyl (C=O) groups is 2. The lowest BCUT2D eigenvalue weighted by atomic mass is 9.93. The summed E-state index contributed by atoms with van der Waals surface area (Å²) in [6.07, 6.45) is 3.25. The fourth-order valence-electron chi connectivity index (χ4n) is 3.28. The number of ether oxygens (including phenoxy) is 1. The van der Waals surface area contributed by atoms with Crippen LogP contribution in [0.2, 0.25) is 5.02 Å². The summed E-state index contributed by atoms with van der Waals surface area (Å²) in [6, 6.07) is 16.4. The van der Waals surface area contributed by atoms with Crippen LogP contribution in [0.1, 0.15) is 47.0 Å². The zero-order chi connectivity index (χ0) is 21.1. The number of hydrogen-bond donors (Lipinski definition) is 1. The maximum absolute atomic E-state index is 12.4. The molecule has 0 radical (unpaired) electrons. The zero-order valence-corrected chi connectivity index (χ0v) is 17.4.